The number of aryl methyl sites for hydroxylation is 1. The molecule has 0 saturated carbocycles. The maximum atomic E-state index is 13.6. The molecule has 0 N–H and O–H groups in total. The Labute approximate surface area is 161 Å². The van der Waals surface area contributed by atoms with Gasteiger partial charge in [-0.2, -0.15) is 26.3 Å². The van der Waals surface area contributed by atoms with E-state index in [9.17, 15) is 26.3 Å². The minimum Gasteiger partial charge on any atom is -0.166 e. The number of halogens is 6. The molecule has 0 spiro atoms. The summed E-state index contributed by atoms with van der Waals surface area (Å²) in [5.41, 5.74) is -0.699. The Kier molecular flexibility index (Phi) is 5.48. The molecule has 3 aromatic carbocycles. The first kappa shape index (κ1) is 20.3. The van der Waals surface area contributed by atoms with Gasteiger partial charge in [-0.25, -0.2) is 0 Å². The second kappa shape index (κ2) is 7.54. The zero-order valence-corrected chi connectivity index (χ0v) is 15.4. The molecule has 7 heteroatoms. The molecule has 0 aliphatic heterocycles. The predicted octanol–water partition coefficient (Wildman–Crippen LogP) is 7.13. The second-order valence-corrected chi connectivity index (χ2v) is 8.13. The smallest absolute Gasteiger partial charge is 0.166 e. The van der Waals surface area contributed by atoms with Gasteiger partial charge in [0.1, 0.15) is 5.56 Å². The van der Waals surface area contributed by atoms with Crippen molar-refractivity contribution in [2.75, 3.05) is 0 Å². The SMILES string of the molecule is Cc1ccc([S+](c2ccc(C(F)(F)F)cc2)c2ccccc2C(F)(F)F)cc1. The monoisotopic (exact) mass is 413 g/mol. The molecule has 0 bridgehead atoms. The van der Waals surface area contributed by atoms with Crippen molar-refractivity contribution in [2.24, 2.45) is 0 Å². The van der Waals surface area contributed by atoms with Gasteiger partial charge in [0, 0.05) is 0 Å². The van der Waals surface area contributed by atoms with Gasteiger partial charge in [0.2, 0.25) is 0 Å². The Morgan fingerprint density at radius 1 is 0.607 bits per heavy atom. The second-order valence-electron chi connectivity index (χ2n) is 6.14. The molecule has 0 fully saturated rings. The van der Waals surface area contributed by atoms with E-state index in [0.717, 1.165) is 23.8 Å². The first-order valence-corrected chi connectivity index (χ1v) is 9.44. The maximum absolute atomic E-state index is 13.6. The van der Waals surface area contributed by atoms with Crippen molar-refractivity contribution in [1.29, 1.82) is 0 Å². The first-order chi connectivity index (χ1) is 13.1. The molecule has 146 valence electrons. The normalized spacial score (nSPS) is 13.4. The van der Waals surface area contributed by atoms with Gasteiger partial charge in [-0.05, 0) is 55.5 Å². The van der Waals surface area contributed by atoms with Crippen LogP contribution >= 0.6 is 0 Å². The molecule has 3 aromatic rings. The van der Waals surface area contributed by atoms with Crippen molar-refractivity contribution in [2.45, 2.75) is 34.0 Å². The molecule has 3 rings (SSSR count). The molecule has 1 atom stereocenters. The van der Waals surface area contributed by atoms with E-state index in [2.05, 4.69) is 0 Å². The van der Waals surface area contributed by atoms with Crippen LogP contribution in [-0.2, 0) is 23.2 Å². The zero-order chi connectivity index (χ0) is 20.5. The van der Waals surface area contributed by atoms with E-state index < -0.39 is 34.4 Å². The number of alkyl halides is 6. The van der Waals surface area contributed by atoms with Gasteiger partial charge in [-0.15, -0.1) is 0 Å². The topological polar surface area (TPSA) is 0 Å². The third kappa shape index (κ3) is 4.35. The lowest BCUT2D eigenvalue weighted by molar-refractivity contribution is -0.140. The fourth-order valence-electron chi connectivity index (χ4n) is 2.72. The quantitative estimate of drug-likeness (QED) is 0.317. The van der Waals surface area contributed by atoms with Crippen LogP contribution in [0.25, 0.3) is 0 Å². The van der Waals surface area contributed by atoms with Gasteiger partial charge in [0.15, 0.2) is 14.7 Å². The van der Waals surface area contributed by atoms with E-state index in [4.69, 9.17) is 0 Å². The van der Waals surface area contributed by atoms with Gasteiger partial charge in [0.05, 0.1) is 16.5 Å². The number of hydrogen-bond acceptors (Lipinski definition) is 0. The van der Waals surface area contributed by atoms with Crippen molar-refractivity contribution in [1.82, 2.24) is 0 Å². The molecule has 0 nitrogen and oxygen atoms in total. The Morgan fingerprint density at radius 2 is 1.11 bits per heavy atom. The van der Waals surface area contributed by atoms with Crippen molar-refractivity contribution in [3.63, 3.8) is 0 Å². The molecule has 0 amide bonds. The lowest BCUT2D eigenvalue weighted by atomic mass is 10.2. The molecular weight excluding hydrogens is 398 g/mol. The average Bonchev–Trinajstić information content (AvgIpc) is 2.63. The number of benzene rings is 3. The molecule has 0 aliphatic carbocycles. The molecule has 1 unspecified atom stereocenters. The van der Waals surface area contributed by atoms with E-state index in [1.165, 1.54) is 30.3 Å². The van der Waals surface area contributed by atoms with Crippen molar-refractivity contribution >= 4 is 10.9 Å². The lowest BCUT2D eigenvalue weighted by Crippen LogP contribution is -2.14. The van der Waals surface area contributed by atoms with Gasteiger partial charge in [-0.1, -0.05) is 29.8 Å². The predicted molar refractivity (Wildman–Crippen MR) is 96.2 cm³/mol. The zero-order valence-electron chi connectivity index (χ0n) is 14.6. The molecule has 0 heterocycles. The summed E-state index contributed by atoms with van der Waals surface area (Å²) in [6.07, 6.45) is -9.08. The highest BCUT2D eigenvalue weighted by Crippen LogP contribution is 2.41. The third-order valence-corrected chi connectivity index (χ3v) is 6.37. The van der Waals surface area contributed by atoms with Crippen LogP contribution in [0.15, 0.2) is 87.5 Å². The van der Waals surface area contributed by atoms with Gasteiger partial charge in [-0.3, -0.25) is 0 Å². The summed E-state index contributed by atoms with van der Waals surface area (Å²) in [4.78, 5) is 1.01. The number of hydrogen-bond donors (Lipinski definition) is 0. The maximum Gasteiger partial charge on any atom is 0.421 e. The fraction of sp³-hybridized carbons (Fsp3) is 0.143. The molecule has 0 radical (unpaired) electrons. The van der Waals surface area contributed by atoms with Crippen LogP contribution in [0, 0.1) is 6.92 Å². The van der Waals surface area contributed by atoms with E-state index in [1.807, 2.05) is 6.92 Å². The van der Waals surface area contributed by atoms with E-state index in [0.29, 0.717) is 9.79 Å². The average molecular weight is 413 g/mol. The third-order valence-electron chi connectivity index (χ3n) is 4.09. The van der Waals surface area contributed by atoms with Gasteiger partial charge < -0.3 is 0 Å². The number of rotatable bonds is 3. The van der Waals surface area contributed by atoms with Crippen molar-refractivity contribution in [3.05, 3.63) is 89.5 Å². The standard InChI is InChI=1S/C21H15F6S/c1-14-6-10-16(11-7-14)28(17-12-8-15(9-13-17)20(22,23)24)19-5-3-2-4-18(19)21(25,26)27/h2-13H,1H3/q+1. The van der Waals surface area contributed by atoms with Crippen molar-refractivity contribution in [3.8, 4) is 0 Å². The highest BCUT2D eigenvalue weighted by Gasteiger charge is 2.42. The minimum absolute atomic E-state index is 0.0265. The van der Waals surface area contributed by atoms with Crippen LogP contribution in [0.4, 0.5) is 26.3 Å². The summed E-state index contributed by atoms with van der Waals surface area (Å²) >= 11 is 0. The van der Waals surface area contributed by atoms with Crippen LogP contribution < -0.4 is 0 Å². The summed E-state index contributed by atoms with van der Waals surface area (Å²) in [7, 11) is -1.20. The minimum atomic E-state index is -4.57. The van der Waals surface area contributed by atoms with Crippen LogP contribution in [0.3, 0.4) is 0 Å². The Morgan fingerprint density at radius 3 is 1.61 bits per heavy atom. The summed E-state index contributed by atoms with van der Waals surface area (Å²) in [5, 5.41) is 0. The molecular formula is C21H15F6S+. The summed E-state index contributed by atoms with van der Waals surface area (Å²) in [5.74, 6) is 0. The molecule has 28 heavy (non-hydrogen) atoms. The van der Waals surface area contributed by atoms with Crippen LogP contribution in [-0.4, -0.2) is 0 Å². The van der Waals surface area contributed by atoms with Crippen LogP contribution in [0.1, 0.15) is 16.7 Å². The Hall–Kier alpha value is -2.41. The molecule has 0 aromatic heterocycles. The summed E-state index contributed by atoms with van der Waals surface area (Å²) in [6, 6.07) is 16.4. The van der Waals surface area contributed by atoms with Crippen LogP contribution in [0.5, 0.6) is 0 Å². The first-order valence-electron chi connectivity index (χ1n) is 8.22. The van der Waals surface area contributed by atoms with Crippen LogP contribution in [0.2, 0.25) is 0 Å². The lowest BCUT2D eigenvalue weighted by Gasteiger charge is -2.14. The van der Waals surface area contributed by atoms with Gasteiger partial charge >= 0.3 is 12.4 Å². The van der Waals surface area contributed by atoms with Gasteiger partial charge in [0.25, 0.3) is 0 Å². The van der Waals surface area contributed by atoms with Crippen molar-refractivity contribution < 1.29 is 26.3 Å². The molecule has 0 aliphatic rings. The summed E-state index contributed by atoms with van der Waals surface area (Å²) < 4.78 is 79.4. The highest BCUT2D eigenvalue weighted by molar-refractivity contribution is 7.97. The molecule has 0 saturated heterocycles. The largest absolute Gasteiger partial charge is 0.421 e. The fourth-order valence-corrected chi connectivity index (χ4v) is 4.94. The van der Waals surface area contributed by atoms with E-state index in [1.54, 1.807) is 24.3 Å². The van der Waals surface area contributed by atoms with E-state index in [-0.39, 0.29) is 4.90 Å². The Bertz CT molecular complexity index is 940. The van der Waals surface area contributed by atoms with E-state index >= 15 is 0 Å². The highest BCUT2D eigenvalue weighted by atomic mass is 32.2. The summed E-state index contributed by atoms with van der Waals surface area (Å²) in [6.45, 7) is 1.85. The Balaban J connectivity index is 2.19.